The zero-order valence-corrected chi connectivity index (χ0v) is 14.1. The average Bonchev–Trinajstić information content (AvgIpc) is 2.42. The molecule has 21 heavy (non-hydrogen) atoms. The fourth-order valence-corrected chi connectivity index (χ4v) is 3.05. The number of nitrogens with one attached hydrogen (secondary N) is 1. The number of halogens is 2. The molecule has 0 aromatic heterocycles. The van der Waals surface area contributed by atoms with Gasteiger partial charge in [0.05, 0.1) is 0 Å². The van der Waals surface area contributed by atoms with Crippen molar-refractivity contribution in [1.29, 1.82) is 0 Å². The van der Waals surface area contributed by atoms with Crippen LogP contribution in [0.1, 0.15) is 23.6 Å². The molecule has 112 valence electrons. The molecule has 2 rings (SSSR count). The molecule has 0 saturated carbocycles. The summed E-state index contributed by atoms with van der Waals surface area (Å²) < 4.78 is 14.3. The quantitative estimate of drug-likeness (QED) is 0.799. The topological polar surface area (TPSA) is 12.0 Å². The van der Waals surface area contributed by atoms with Gasteiger partial charge in [-0.1, -0.05) is 41.1 Å². The third-order valence-corrected chi connectivity index (χ3v) is 4.13. The van der Waals surface area contributed by atoms with Gasteiger partial charge in [0.15, 0.2) is 0 Å². The number of rotatable bonds is 6. The van der Waals surface area contributed by atoms with E-state index in [-0.39, 0.29) is 5.82 Å². The van der Waals surface area contributed by atoms with E-state index in [1.165, 1.54) is 11.1 Å². The molecule has 1 unspecified atom stereocenters. The first-order valence-electron chi connectivity index (χ1n) is 7.31. The van der Waals surface area contributed by atoms with Crippen molar-refractivity contribution in [1.82, 2.24) is 5.32 Å². The number of hydrogen-bond donors (Lipinski definition) is 1. The number of hydrogen-bond acceptors (Lipinski definition) is 1. The van der Waals surface area contributed by atoms with Crippen molar-refractivity contribution in [3.05, 3.63) is 69.4 Å². The largest absolute Gasteiger partial charge is 0.314 e. The summed E-state index contributed by atoms with van der Waals surface area (Å²) in [6.45, 7) is 5.02. The Hall–Kier alpha value is -1.19. The van der Waals surface area contributed by atoms with Crippen LogP contribution < -0.4 is 5.32 Å². The van der Waals surface area contributed by atoms with Gasteiger partial charge < -0.3 is 5.32 Å². The van der Waals surface area contributed by atoms with Gasteiger partial charge in [-0.2, -0.15) is 0 Å². The van der Waals surface area contributed by atoms with Crippen molar-refractivity contribution in [3.63, 3.8) is 0 Å². The van der Waals surface area contributed by atoms with Crippen LogP contribution in [0.25, 0.3) is 0 Å². The van der Waals surface area contributed by atoms with Gasteiger partial charge in [0, 0.05) is 10.5 Å². The first-order valence-corrected chi connectivity index (χ1v) is 8.10. The van der Waals surface area contributed by atoms with Gasteiger partial charge >= 0.3 is 0 Å². The molecule has 0 aliphatic rings. The summed E-state index contributed by atoms with van der Waals surface area (Å²) in [5.74, 6) is -0.164. The van der Waals surface area contributed by atoms with E-state index in [1.807, 2.05) is 19.1 Å². The van der Waals surface area contributed by atoms with E-state index in [2.05, 4.69) is 46.4 Å². The van der Waals surface area contributed by atoms with Crippen molar-refractivity contribution in [2.75, 3.05) is 6.54 Å². The van der Waals surface area contributed by atoms with Gasteiger partial charge in [-0.3, -0.25) is 0 Å². The highest BCUT2D eigenvalue weighted by Gasteiger charge is 2.11. The molecule has 3 heteroatoms. The van der Waals surface area contributed by atoms with Crippen LogP contribution in [0.5, 0.6) is 0 Å². The van der Waals surface area contributed by atoms with Crippen molar-refractivity contribution in [2.24, 2.45) is 0 Å². The van der Waals surface area contributed by atoms with Crippen LogP contribution in [0, 0.1) is 12.7 Å². The van der Waals surface area contributed by atoms with E-state index in [0.717, 1.165) is 29.4 Å². The van der Waals surface area contributed by atoms with Gasteiger partial charge in [-0.05, 0) is 67.3 Å². The molecule has 1 nitrogen and oxygen atoms in total. The molecule has 2 aromatic rings. The summed E-state index contributed by atoms with van der Waals surface area (Å²) in [4.78, 5) is 0. The highest BCUT2D eigenvalue weighted by atomic mass is 79.9. The Bertz CT molecular complexity index is 598. The van der Waals surface area contributed by atoms with Gasteiger partial charge in [0.1, 0.15) is 5.82 Å². The number of aryl methyl sites for hydroxylation is 1. The zero-order chi connectivity index (χ0) is 15.2. The summed E-state index contributed by atoms with van der Waals surface area (Å²) in [5, 5.41) is 3.53. The maximum absolute atomic E-state index is 13.2. The second kappa shape index (κ2) is 7.71. The highest BCUT2D eigenvalue weighted by molar-refractivity contribution is 9.10. The smallest absolute Gasteiger partial charge is 0.123 e. The second-order valence-electron chi connectivity index (χ2n) is 5.36. The third-order valence-electron chi connectivity index (χ3n) is 3.63. The lowest BCUT2D eigenvalue weighted by Crippen LogP contribution is -2.33. The molecule has 0 aliphatic carbocycles. The molecule has 0 heterocycles. The predicted octanol–water partition coefficient (Wildman–Crippen LogP) is 4.66. The number of likely N-dealkylation sites (N-methyl/N-ethyl adjacent to an activating group) is 1. The third kappa shape index (κ3) is 4.94. The van der Waals surface area contributed by atoms with E-state index in [4.69, 9.17) is 0 Å². The molecular weight excluding hydrogens is 329 g/mol. The molecule has 0 saturated heterocycles. The lowest BCUT2D eigenvalue weighted by Gasteiger charge is -2.19. The normalized spacial score (nSPS) is 12.4. The van der Waals surface area contributed by atoms with Crippen LogP contribution >= 0.6 is 15.9 Å². The summed E-state index contributed by atoms with van der Waals surface area (Å²) in [5.41, 5.74) is 3.53. The summed E-state index contributed by atoms with van der Waals surface area (Å²) >= 11 is 3.52. The highest BCUT2D eigenvalue weighted by Crippen LogP contribution is 2.17. The molecule has 0 aliphatic heterocycles. The molecule has 0 radical (unpaired) electrons. The minimum absolute atomic E-state index is 0.164. The summed E-state index contributed by atoms with van der Waals surface area (Å²) in [6, 6.07) is 13.8. The van der Waals surface area contributed by atoms with Crippen LogP contribution in [0.15, 0.2) is 46.9 Å². The molecule has 0 bridgehead atoms. The predicted molar refractivity (Wildman–Crippen MR) is 90.2 cm³/mol. The Balaban J connectivity index is 2.11. The lowest BCUT2D eigenvalue weighted by atomic mass is 9.96. The minimum Gasteiger partial charge on any atom is -0.314 e. The Morgan fingerprint density at radius 2 is 1.95 bits per heavy atom. The van der Waals surface area contributed by atoms with E-state index in [9.17, 15) is 4.39 Å². The van der Waals surface area contributed by atoms with Gasteiger partial charge in [0.2, 0.25) is 0 Å². The Kier molecular flexibility index (Phi) is 5.95. The van der Waals surface area contributed by atoms with Crippen molar-refractivity contribution in [3.8, 4) is 0 Å². The van der Waals surface area contributed by atoms with Crippen LogP contribution in [-0.2, 0) is 12.8 Å². The molecule has 0 fully saturated rings. The molecule has 1 N–H and O–H groups in total. The van der Waals surface area contributed by atoms with Crippen LogP contribution in [-0.4, -0.2) is 12.6 Å². The van der Waals surface area contributed by atoms with E-state index >= 15 is 0 Å². The second-order valence-corrected chi connectivity index (χ2v) is 6.28. The SMILES string of the molecule is CCNC(Cc1cccc(Br)c1)Cc1ccc(F)cc1C. The molecule has 0 spiro atoms. The Labute approximate surface area is 134 Å². The standard InChI is InChI=1S/C18H21BrFN/c1-3-21-18(11-14-5-4-6-16(19)10-14)12-15-7-8-17(20)9-13(15)2/h4-10,18,21H,3,11-12H2,1-2H3. The Morgan fingerprint density at radius 3 is 2.62 bits per heavy atom. The summed E-state index contributed by atoms with van der Waals surface area (Å²) in [6.07, 6.45) is 1.87. The fourth-order valence-electron chi connectivity index (χ4n) is 2.61. The first-order chi connectivity index (χ1) is 10.1. The average molecular weight is 350 g/mol. The van der Waals surface area contributed by atoms with E-state index < -0.39 is 0 Å². The van der Waals surface area contributed by atoms with Crippen LogP contribution in [0.2, 0.25) is 0 Å². The van der Waals surface area contributed by atoms with Gasteiger partial charge in [-0.15, -0.1) is 0 Å². The van der Waals surface area contributed by atoms with Crippen molar-refractivity contribution < 1.29 is 4.39 Å². The van der Waals surface area contributed by atoms with Crippen molar-refractivity contribution in [2.45, 2.75) is 32.7 Å². The molecule has 1 atom stereocenters. The number of benzene rings is 2. The summed E-state index contributed by atoms with van der Waals surface area (Å²) in [7, 11) is 0. The Morgan fingerprint density at radius 1 is 1.14 bits per heavy atom. The van der Waals surface area contributed by atoms with Crippen LogP contribution in [0.4, 0.5) is 4.39 Å². The van der Waals surface area contributed by atoms with Gasteiger partial charge in [-0.25, -0.2) is 4.39 Å². The molecular formula is C18H21BrFN. The monoisotopic (exact) mass is 349 g/mol. The van der Waals surface area contributed by atoms with E-state index in [1.54, 1.807) is 12.1 Å². The zero-order valence-electron chi connectivity index (χ0n) is 12.5. The van der Waals surface area contributed by atoms with E-state index in [0.29, 0.717) is 6.04 Å². The van der Waals surface area contributed by atoms with Gasteiger partial charge in [0.25, 0.3) is 0 Å². The van der Waals surface area contributed by atoms with Crippen molar-refractivity contribution >= 4 is 15.9 Å². The van der Waals surface area contributed by atoms with Crippen LogP contribution in [0.3, 0.4) is 0 Å². The first kappa shape index (κ1) is 16.2. The molecule has 2 aromatic carbocycles. The lowest BCUT2D eigenvalue weighted by molar-refractivity contribution is 0.519. The minimum atomic E-state index is -0.164. The molecule has 0 amide bonds. The maximum Gasteiger partial charge on any atom is 0.123 e. The maximum atomic E-state index is 13.2. The fraction of sp³-hybridized carbons (Fsp3) is 0.333.